The summed E-state index contributed by atoms with van der Waals surface area (Å²) in [5.41, 5.74) is 4.65. The van der Waals surface area contributed by atoms with E-state index < -0.39 is 0 Å². The minimum atomic E-state index is -0.0130. The van der Waals surface area contributed by atoms with Crippen molar-refractivity contribution in [3.63, 3.8) is 0 Å². The zero-order valence-corrected chi connectivity index (χ0v) is 17.9. The summed E-state index contributed by atoms with van der Waals surface area (Å²) in [6, 6.07) is 13.9. The van der Waals surface area contributed by atoms with Crippen LogP contribution in [-0.2, 0) is 22.4 Å². The Labute approximate surface area is 180 Å². The summed E-state index contributed by atoms with van der Waals surface area (Å²) in [7, 11) is 1.67. The van der Waals surface area contributed by atoms with Crippen LogP contribution >= 0.6 is 23.4 Å². The van der Waals surface area contributed by atoms with Gasteiger partial charge in [-0.05, 0) is 84.5 Å². The van der Waals surface area contributed by atoms with Crippen LogP contribution in [-0.4, -0.2) is 36.2 Å². The maximum Gasteiger partial charge on any atom is 0.266 e. The molecule has 0 saturated carbocycles. The molecule has 4 nitrogen and oxygen atoms in total. The molecule has 1 aliphatic carbocycles. The van der Waals surface area contributed by atoms with E-state index in [-0.39, 0.29) is 5.91 Å². The number of carbonyl (C=O) groups is 1. The summed E-state index contributed by atoms with van der Waals surface area (Å²) in [6.45, 7) is 1.19. The van der Waals surface area contributed by atoms with Crippen molar-refractivity contribution in [2.75, 3.05) is 20.3 Å². The molecule has 0 unspecified atom stereocenters. The quantitative estimate of drug-likeness (QED) is 0.454. The molecule has 1 aliphatic heterocycles. The van der Waals surface area contributed by atoms with Crippen molar-refractivity contribution in [3.8, 4) is 0 Å². The highest BCUT2D eigenvalue weighted by Crippen LogP contribution is 2.35. The van der Waals surface area contributed by atoms with Crippen LogP contribution in [0.4, 0.5) is 5.69 Å². The Morgan fingerprint density at radius 2 is 1.97 bits per heavy atom. The van der Waals surface area contributed by atoms with Crippen molar-refractivity contribution < 1.29 is 9.53 Å². The summed E-state index contributed by atoms with van der Waals surface area (Å²) >= 11 is 7.40. The fourth-order valence-electron chi connectivity index (χ4n) is 3.60. The third-order valence-electron chi connectivity index (χ3n) is 5.09. The molecule has 0 atom stereocenters. The molecule has 1 saturated heterocycles. The standard InChI is InChI=1S/C23H23ClN2O2S/c1-28-13-3-12-26-22(27)21(14-16-6-9-19(24)10-7-16)29-23(26)25-20-11-8-17-4-2-5-18(17)15-20/h6-11,14-15H,2-5,12-13H2,1H3/b21-14-,25-23?. The van der Waals surface area contributed by atoms with Crippen molar-refractivity contribution >= 4 is 46.2 Å². The van der Waals surface area contributed by atoms with E-state index in [1.165, 1.54) is 29.3 Å². The van der Waals surface area contributed by atoms with E-state index in [0.717, 1.165) is 35.7 Å². The predicted molar refractivity (Wildman–Crippen MR) is 121 cm³/mol. The molecule has 6 heteroatoms. The number of rotatable bonds is 6. The Hall–Kier alpha value is -2.08. The SMILES string of the molecule is COCCCN1C(=O)/C(=C/c2ccc(Cl)cc2)SC1=Nc1ccc2c(c1)CCC2. The number of hydrogen-bond donors (Lipinski definition) is 0. The lowest BCUT2D eigenvalue weighted by Crippen LogP contribution is -2.30. The monoisotopic (exact) mass is 426 g/mol. The van der Waals surface area contributed by atoms with Crippen LogP contribution in [0.2, 0.25) is 5.02 Å². The number of thioether (sulfide) groups is 1. The van der Waals surface area contributed by atoms with Crippen LogP contribution < -0.4 is 0 Å². The molecular formula is C23H23ClN2O2S. The van der Waals surface area contributed by atoms with Gasteiger partial charge in [0.05, 0.1) is 10.6 Å². The van der Waals surface area contributed by atoms with Crippen LogP contribution in [0.5, 0.6) is 0 Å². The first-order chi connectivity index (χ1) is 14.1. The fraction of sp³-hybridized carbons (Fsp3) is 0.304. The van der Waals surface area contributed by atoms with Crippen LogP contribution in [0.3, 0.4) is 0 Å². The molecule has 2 aromatic carbocycles. The number of aryl methyl sites for hydroxylation is 2. The minimum Gasteiger partial charge on any atom is -0.385 e. The second-order valence-electron chi connectivity index (χ2n) is 7.17. The summed E-state index contributed by atoms with van der Waals surface area (Å²) in [6.07, 6.45) is 6.13. The Balaban J connectivity index is 1.62. The number of hydrogen-bond acceptors (Lipinski definition) is 4. The van der Waals surface area contributed by atoms with Crippen molar-refractivity contribution in [2.45, 2.75) is 25.7 Å². The van der Waals surface area contributed by atoms with Crippen molar-refractivity contribution in [1.82, 2.24) is 4.90 Å². The number of halogens is 1. The second-order valence-corrected chi connectivity index (χ2v) is 8.61. The highest BCUT2D eigenvalue weighted by molar-refractivity contribution is 8.18. The number of amidine groups is 1. The van der Waals surface area contributed by atoms with Gasteiger partial charge in [-0.15, -0.1) is 0 Å². The largest absolute Gasteiger partial charge is 0.385 e. The predicted octanol–water partition coefficient (Wildman–Crippen LogP) is 5.47. The number of fused-ring (bicyclic) bond motifs is 1. The number of ether oxygens (including phenoxy) is 1. The van der Waals surface area contributed by atoms with E-state index in [9.17, 15) is 4.79 Å². The van der Waals surface area contributed by atoms with E-state index in [4.69, 9.17) is 21.3 Å². The van der Waals surface area contributed by atoms with Gasteiger partial charge in [0.2, 0.25) is 0 Å². The van der Waals surface area contributed by atoms with E-state index in [0.29, 0.717) is 23.1 Å². The Bertz CT molecular complexity index is 969. The molecule has 1 amide bonds. The molecule has 2 aromatic rings. The molecule has 1 heterocycles. The first-order valence-electron chi connectivity index (χ1n) is 9.80. The Morgan fingerprint density at radius 3 is 2.76 bits per heavy atom. The zero-order valence-electron chi connectivity index (χ0n) is 16.4. The first kappa shape index (κ1) is 20.2. The van der Waals surface area contributed by atoms with Crippen LogP contribution in [0, 0.1) is 0 Å². The van der Waals surface area contributed by atoms with Gasteiger partial charge in [-0.3, -0.25) is 9.69 Å². The molecular weight excluding hydrogens is 404 g/mol. The molecule has 2 aliphatic rings. The van der Waals surface area contributed by atoms with E-state index in [2.05, 4.69) is 18.2 Å². The van der Waals surface area contributed by atoms with E-state index >= 15 is 0 Å². The Morgan fingerprint density at radius 1 is 1.17 bits per heavy atom. The molecule has 0 bridgehead atoms. The summed E-state index contributed by atoms with van der Waals surface area (Å²) < 4.78 is 5.16. The highest BCUT2D eigenvalue weighted by atomic mass is 35.5. The average molecular weight is 427 g/mol. The number of methoxy groups -OCH3 is 1. The molecule has 0 spiro atoms. The maximum absolute atomic E-state index is 13.0. The maximum atomic E-state index is 13.0. The van der Waals surface area contributed by atoms with Crippen molar-refractivity contribution in [1.29, 1.82) is 0 Å². The van der Waals surface area contributed by atoms with Gasteiger partial charge < -0.3 is 4.74 Å². The fourth-order valence-corrected chi connectivity index (χ4v) is 4.75. The molecule has 150 valence electrons. The van der Waals surface area contributed by atoms with Gasteiger partial charge >= 0.3 is 0 Å². The number of benzene rings is 2. The summed E-state index contributed by atoms with van der Waals surface area (Å²) in [4.78, 5) is 20.3. The average Bonchev–Trinajstić information content (AvgIpc) is 3.29. The van der Waals surface area contributed by atoms with E-state index in [1.54, 1.807) is 12.0 Å². The highest BCUT2D eigenvalue weighted by Gasteiger charge is 2.33. The smallest absolute Gasteiger partial charge is 0.266 e. The van der Waals surface area contributed by atoms with Gasteiger partial charge in [-0.1, -0.05) is 29.8 Å². The van der Waals surface area contributed by atoms with Gasteiger partial charge in [0.15, 0.2) is 5.17 Å². The zero-order chi connectivity index (χ0) is 20.2. The molecule has 0 radical (unpaired) electrons. The third kappa shape index (κ3) is 4.74. The number of nitrogens with zero attached hydrogens (tertiary/aromatic N) is 2. The van der Waals surface area contributed by atoms with Crippen LogP contribution in [0.25, 0.3) is 6.08 Å². The van der Waals surface area contributed by atoms with Crippen molar-refractivity contribution in [2.24, 2.45) is 4.99 Å². The molecule has 0 aromatic heterocycles. The van der Waals surface area contributed by atoms with E-state index in [1.807, 2.05) is 30.3 Å². The number of amides is 1. The number of aliphatic imine (C=N–C) groups is 1. The molecule has 4 rings (SSSR count). The lowest BCUT2D eigenvalue weighted by molar-refractivity contribution is -0.122. The van der Waals surface area contributed by atoms with Gasteiger partial charge in [0.1, 0.15) is 0 Å². The first-order valence-corrected chi connectivity index (χ1v) is 11.0. The van der Waals surface area contributed by atoms with Gasteiger partial charge in [0.25, 0.3) is 5.91 Å². The topological polar surface area (TPSA) is 41.9 Å². The van der Waals surface area contributed by atoms with Gasteiger partial charge in [-0.2, -0.15) is 0 Å². The third-order valence-corrected chi connectivity index (χ3v) is 6.35. The minimum absolute atomic E-state index is 0.0130. The lowest BCUT2D eigenvalue weighted by atomic mass is 10.1. The van der Waals surface area contributed by atoms with Gasteiger partial charge in [0, 0.05) is 25.3 Å². The van der Waals surface area contributed by atoms with Crippen molar-refractivity contribution in [3.05, 3.63) is 69.1 Å². The summed E-state index contributed by atoms with van der Waals surface area (Å²) in [5, 5.41) is 1.40. The lowest BCUT2D eigenvalue weighted by Gasteiger charge is -2.15. The van der Waals surface area contributed by atoms with Crippen LogP contribution in [0.15, 0.2) is 52.4 Å². The summed E-state index contributed by atoms with van der Waals surface area (Å²) in [5.74, 6) is -0.0130. The number of carbonyl (C=O) groups excluding carboxylic acids is 1. The van der Waals surface area contributed by atoms with Crippen LogP contribution in [0.1, 0.15) is 29.5 Å². The Kier molecular flexibility index (Phi) is 6.38. The normalized spacial score (nSPS) is 18.8. The second kappa shape index (κ2) is 9.16. The van der Waals surface area contributed by atoms with Gasteiger partial charge in [-0.25, -0.2) is 4.99 Å². The molecule has 29 heavy (non-hydrogen) atoms. The molecule has 0 N–H and O–H groups in total. The molecule has 1 fully saturated rings.